The van der Waals surface area contributed by atoms with Crippen molar-refractivity contribution in [1.29, 1.82) is 0 Å². The van der Waals surface area contributed by atoms with Gasteiger partial charge in [-0.05, 0) is 30.7 Å². The number of nitrogens with zero attached hydrogens (tertiary/aromatic N) is 1. The number of oxazole rings is 1. The van der Waals surface area contributed by atoms with E-state index in [2.05, 4.69) is 15.6 Å². The first-order chi connectivity index (χ1) is 11.1. The highest BCUT2D eigenvalue weighted by Gasteiger charge is 2.27. The van der Waals surface area contributed by atoms with Gasteiger partial charge in [0.15, 0.2) is 0 Å². The van der Waals surface area contributed by atoms with Crippen LogP contribution in [0.3, 0.4) is 0 Å². The molecule has 122 valence electrons. The summed E-state index contributed by atoms with van der Waals surface area (Å²) >= 11 is 0. The molecular formula is C16H18FN3O3. The van der Waals surface area contributed by atoms with Gasteiger partial charge in [-0.2, -0.15) is 0 Å². The fourth-order valence-corrected chi connectivity index (χ4v) is 2.50. The molecule has 2 aromatic rings. The van der Waals surface area contributed by atoms with Crippen molar-refractivity contribution < 1.29 is 18.7 Å². The summed E-state index contributed by atoms with van der Waals surface area (Å²) in [6, 6.07) is 5.57. The lowest BCUT2D eigenvalue weighted by molar-refractivity contribution is -0.122. The SMILES string of the molecule is O=C(NCCc1coc(-c2ccc(F)cc2)n1)C1CC(O)CN1. The van der Waals surface area contributed by atoms with Crippen molar-refractivity contribution in [2.24, 2.45) is 0 Å². The zero-order valence-electron chi connectivity index (χ0n) is 12.5. The number of aliphatic hydroxyl groups excluding tert-OH is 1. The molecule has 0 spiro atoms. The van der Waals surface area contributed by atoms with Crippen LogP contribution in [0.5, 0.6) is 0 Å². The third-order valence-electron chi connectivity index (χ3n) is 3.75. The number of carbonyl (C=O) groups is 1. The summed E-state index contributed by atoms with van der Waals surface area (Å²) in [5.74, 6) is -0.00964. The molecule has 1 aromatic carbocycles. The molecule has 6 nitrogen and oxygen atoms in total. The molecule has 1 aromatic heterocycles. The van der Waals surface area contributed by atoms with Gasteiger partial charge in [0.25, 0.3) is 0 Å². The second-order valence-electron chi connectivity index (χ2n) is 5.54. The molecule has 1 fully saturated rings. The molecule has 1 aliphatic heterocycles. The van der Waals surface area contributed by atoms with Crippen molar-refractivity contribution >= 4 is 5.91 Å². The number of nitrogens with one attached hydrogen (secondary N) is 2. The Morgan fingerprint density at radius 2 is 2.22 bits per heavy atom. The maximum Gasteiger partial charge on any atom is 0.237 e. The molecule has 1 saturated heterocycles. The van der Waals surface area contributed by atoms with Crippen LogP contribution in [-0.2, 0) is 11.2 Å². The van der Waals surface area contributed by atoms with Crippen molar-refractivity contribution in [2.75, 3.05) is 13.1 Å². The van der Waals surface area contributed by atoms with Crippen LogP contribution in [-0.4, -0.2) is 41.2 Å². The molecule has 2 unspecified atom stereocenters. The first-order valence-electron chi connectivity index (χ1n) is 7.51. The molecule has 0 aliphatic carbocycles. The number of carbonyl (C=O) groups excluding carboxylic acids is 1. The van der Waals surface area contributed by atoms with Crippen LogP contribution < -0.4 is 10.6 Å². The van der Waals surface area contributed by atoms with E-state index in [1.54, 1.807) is 12.1 Å². The van der Waals surface area contributed by atoms with Gasteiger partial charge >= 0.3 is 0 Å². The molecule has 1 aliphatic rings. The Balaban J connectivity index is 1.49. The van der Waals surface area contributed by atoms with E-state index in [1.165, 1.54) is 18.4 Å². The van der Waals surface area contributed by atoms with Crippen molar-refractivity contribution in [1.82, 2.24) is 15.6 Å². The van der Waals surface area contributed by atoms with E-state index in [4.69, 9.17) is 4.42 Å². The molecule has 1 amide bonds. The summed E-state index contributed by atoms with van der Waals surface area (Å²) in [6.45, 7) is 0.880. The molecule has 0 saturated carbocycles. The second-order valence-corrected chi connectivity index (χ2v) is 5.54. The predicted octanol–water partition coefficient (Wildman–Crippen LogP) is 0.862. The Morgan fingerprint density at radius 1 is 1.43 bits per heavy atom. The van der Waals surface area contributed by atoms with Gasteiger partial charge in [0.05, 0.1) is 17.8 Å². The minimum Gasteiger partial charge on any atom is -0.444 e. The summed E-state index contributed by atoms with van der Waals surface area (Å²) in [6.07, 6.45) is 2.04. The molecule has 2 atom stereocenters. The first kappa shape index (κ1) is 15.6. The average molecular weight is 319 g/mol. The van der Waals surface area contributed by atoms with Gasteiger partial charge in [0.1, 0.15) is 12.1 Å². The molecule has 0 bridgehead atoms. The highest BCUT2D eigenvalue weighted by Crippen LogP contribution is 2.19. The summed E-state index contributed by atoms with van der Waals surface area (Å²) in [4.78, 5) is 16.2. The minimum absolute atomic E-state index is 0.121. The van der Waals surface area contributed by atoms with Crippen molar-refractivity contribution in [3.63, 3.8) is 0 Å². The Labute approximate surface area is 132 Å². The van der Waals surface area contributed by atoms with Crippen LogP contribution in [0.1, 0.15) is 12.1 Å². The van der Waals surface area contributed by atoms with Crippen LogP contribution in [0.4, 0.5) is 4.39 Å². The normalized spacial score (nSPS) is 20.6. The number of aliphatic hydroxyl groups is 1. The van der Waals surface area contributed by atoms with Crippen LogP contribution in [0.25, 0.3) is 11.5 Å². The van der Waals surface area contributed by atoms with E-state index in [-0.39, 0.29) is 17.8 Å². The van der Waals surface area contributed by atoms with Crippen LogP contribution in [0.15, 0.2) is 34.9 Å². The topological polar surface area (TPSA) is 87.4 Å². The fourth-order valence-electron chi connectivity index (χ4n) is 2.50. The van der Waals surface area contributed by atoms with E-state index in [0.717, 1.165) is 0 Å². The Morgan fingerprint density at radius 3 is 2.91 bits per heavy atom. The monoisotopic (exact) mass is 319 g/mol. The van der Waals surface area contributed by atoms with Crippen LogP contribution >= 0.6 is 0 Å². The Kier molecular flexibility index (Phi) is 4.68. The Hall–Kier alpha value is -2.25. The van der Waals surface area contributed by atoms with Crippen molar-refractivity contribution in [3.8, 4) is 11.5 Å². The zero-order valence-corrected chi connectivity index (χ0v) is 12.5. The molecular weight excluding hydrogens is 301 g/mol. The van der Waals surface area contributed by atoms with Gasteiger partial charge in [-0.25, -0.2) is 9.37 Å². The summed E-state index contributed by atoms with van der Waals surface area (Å²) < 4.78 is 18.3. The summed E-state index contributed by atoms with van der Waals surface area (Å²) in [5.41, 5.74) is 1.41. The van der Waals surface area contributed by atoms with E-state index in [9.17, 15) is 14.3 Å². The van der Waals surface area contributed by atoms with Gasteiger partial charge < -0.3 is 20.2 Å². The molecule has 3 N–H and O–H groups in total. The van der Waals surface area contributed by atoms with Gasteiger partial charge in [0, 0.05) is 25.1 Å². The van der Waals surface area contributed by atoms with Crippen molar-refractivity contribution in [2.45, 2.75) is 25.0 Å². The molecule has 7 heteroatoms. The fraction of sp³-hybridized carbons (Fsp3) is 0.375. The molecule has 0 radical (unpaired) electrons. The van der Waals surface area contributed by atoms with Crippen LogP contribution in [0.2, 0.25) is 0 Å². The number of aromatic nitrogens is 1. The van der Waals surface area contributed by atoms with Gasteiger partial charge in [0.2, 0.25) is 11.8 Å². The highest BCUT2D eigenvalue weighted by atomic mass is 19.1. The van der Waals surface area contributed by atoms with E-state index in [1.807, 2.05) is 0 Å². The third kappa shape index (κ3) is 3.94. The maximum absolute atomic E-state index is 12.9. The zero-order chi connectivity index (χ0) is 16.2. The van der Waals surface area contributed by atoms with Crippen molar-refractivity contribution in [3.05, 3.63) is 42.0 Å². The quantitative estimate of drug-likeness (QED) is 0.761. The maximum atomic E-state index is 12.9. The highest BCUT2D eigenvalue weighted by molar-refractivity contribution is 5.82. The number of benzene rings is 1. The van der Waals surface area contributed by atoms with Crippen LogP contribution in [0, 0.1) is 5.82 Å². The van der Waals surface area contributed by atoms with Gasteiger partial charge in [-0.1, -0.05) is 0 Å². The minimum atomic E-state index is -0.459. The number of halogens is 1. The number of β-amino-alcohol motifs (C(OH)–C–C–N with tert-alkyl or cyclic N) is 1. The predicted molar refractivity (Wildman–Crippen MR) is 81.0 cm³/mol. The lowest BCUT2D eigenvalue weighted by Gasteiger charge is -2.10. The molecule has 23 heavy (non-hydrogen) atoms. The number of amides is 1. The first-order valence-corrected chi connectivity index (χ1v) is 7.51. The Bertz CT molecular complexity index is 671. The second kappa shape index (κ2) is 6.89. The van der Waals surface area contributed by atoms with E-state index < -0.39 is 6.10 Å². The number of hydrogen-bond donors (Lipinski definition) is 3. The van der Waals surface area contributed by atoms with E-state index >= 15 is 0 Å². The molecule has 3 rings (SSSR count). The van der Waals surface area contributed by atoms with Gasteiger partial charge in [-0.3, -0.25) is 4.79 Å². The van der Waals surface area contributed by atoms with Gasteiger partial charge in [-0.15, -0.1) is 0 Å². The lowest BCUT2D eigenvalue weighted by atomic mass is 10.2. The summed E-state index contributed by atoms with van der Waals surface area (Å²) in [7, 11) is 0. The number of rotatable bonds is 5. The number of hydrogen-bond acceptors (Lipinski definition) is 5. The summed E-state index contributed by atoms with van der Waals surface area (Å²) in [5, 5.41) is 15.2. The average Bonchev–Trinajstić information content (AvgIpc) is 3.17. The standard InChI is InChI=1S/C16H18FN3O3/c17-11-3-1-10(2-4-11)16-20-12(9-23-16)5-6-18-15(22)14-7-13(21)8-19-14/h1-4,9,13-14,19,21H,5-8H2,(H,18,22). The van der Waals surface area contributed by atoms with E-state index in [0.29, 0.717) is 43.1 Å². The smallest absolute Gasteiger partial charge is 0.237 e. The largest absolute Gasteiger partial charge is 0.444 e. The lowest BCUT2D eigenvalue weighted by Crippen LogP contribution is -2.41. The molecule has 2 heterocycles. The third-order valence-corrected chi connectivity index (χ3v) is 3.75.